The molecule has 29 heavy (non-hydrogen) atoms. The Morgan fingerprint density at radius 2 is 1.93 bits per heavy atom. The van der Waals surface area contributed by atoms with Crippen LogP contribution in [0, 0.1) is 11.3 Å². The highest BCUT2D eigenvalue weighted by atomic mass is 79.9. The minimum absolute atomic E-state index is 0.230. The quantitative estimate of drug-likeness (QED) is 0.322. The first-order valence-electron chi connectivity index (χ1n) is 9.07. The number of aliphatic imine (C=N–C) groups is 1. The summed E-state index contributed by atoms with van der Waals surface area (Å²) in [6.07, 6.45) is 1.31. The number of nitriles is 1. The number of halogens is 2. The molecule has 0 aliphatic carbocycles. The third-order valence-corrected chi connectivity index (χ3v) is 5.58. The summed E-state index contributed by atoms with van der Waals surface area (Å²) in [6, 6.07) is 19.8. The number of allylic oxidation sites excluding steroid dienone is 1. The van der Waals surface area contributed by atoms with Crippen LogP contribution in [0.1, 0.15) is 24.0 Å². The molecule has 4 rings (SSSR count). The maximum Gasteiger partial charge on any atom is 0.236 e. The fourth-order valence-corrected chi connectivity index (χ4v) is 4.00. The van der Waals surface area contributed by atoms with Crippen molar-refractivity contribution in [2.24, 2.45) is 4.99 Å². The predicted octanol–water partition coefficient (Wildman–Crippen LogP) is 6.58. The maximum absolute atomic E-state index is 9.97. The van der Waals surface area contributed by atoms with E-state index in [1.165, 1.54) is 6.40 Å². The molecule has 0 fully saturated rings. The van der Waals surface area contributed by atoms with Crippen LogP contribution in [0.2, 0.25) is 5.02 Å². The minimum atomic E-state index is -0.354. The van der Waals surface area contributed by atoms with Crippen LogP contribution in [0.4, 0.5) is 0 Å². The van der Waals surface area contributed by atoms with Crippen molar-refractivity contribution in [3.63, 3.8) is 0 Å². The van der Waals surface area contributed by atoms with Crippen molar-refractivity contribution < 1.29 is 9.47 Å². The third kappa shape index (κ3) is 3.62. The Bertz CT molecular complexity index is 1180. The molecule has 0 N–H and O–H groups in total. The lowest BCUT2D eigenvalue weighted by Gasteiger charge is -2.28. The summed E-state index contributed by atoms with van der Waals surface area (Å²) in [6.45, 7) is 2.34. The van der Waals surface area contributed by atoms with Crippen LogP contribution >= 0.6 is 27.5 Å². The number of ether oxygens (including phenoxy) is 2. The highest BCUT2D eigenvalue weighted by Crippen LogP contribution is 2.48. The lowest BCUT2D eigenvalue weighted by atomic mass is 9.82. The van der Waals surface area contributed by atoms with Crippen molar-refractivity contribution in [1.82, 2.24) is 0 Å². The summed E-state index contributed by atoms with van der Waals surface area (Å²) in [5.74, 6) is 0.530. The van der Waals surface area contributed by atoms with E-state index in [4.69, 9.17) is 21.1 Å². The second kappa shape index (κ2) is 8.28. The molecule has 0 aromatic heterocycles. The summed E-state index contributed by atoms with van der Waals surface area (Å²) in [5, 5.41) is 12.3. The lowest BCUT2D eigenvalue weighted by molar-refractivity contribution is 0.336. The van der Waals surface area contributed by atoms with Gasteiger partial charge in [-0.1, -0.05) is 63.9 Å². The van der Waals surface area contributed by atoms with Crippen LogP contribution < -0.4 is 4.74 Å². The zero-order valence-corrected chi connectivity index (χ0v) is 17.9. The number of hydrogen-bond donors (Lipinski definition) is 0. The van der Waals surface area contributed by atoms with Crippen LogP contribution in [-0.4, -0.2) is 13.0 Å². The first-order valence-corrected chi connectivity index (χ1v) is 10.2. The Hall–Kier alpha value is -2.81. The van der Waals surface area contributed by atoms with Gasteiger partial charge < -0.3 is 9.47 Å². The van der Waals surface area contributed by atoms with E-state index in [0.717, 1.165) is 26.4 Å². The van der Waals surface area contributed by atoms with Gasteiger partial charge in [0.25, 0.3) is 0 Å². The van der Waals surface area contributed by atoms with Crippen LogP contribution in [0.25, 0.3) is 10.8 Å². The van der Waals surface area contributed by atoms with Crippen molar-refractivity contribution >= 4 is 44.7 Å². The molecule has 0 saturated carbocycles. The number of rotatable bonds is 4. The van der Waals surface area contributed by atoms with E-state index in [0.29, 0.717) is 23.0 Å². The smallest absolute Gasteiger partial charge is 0.236 e. The second-order valence-corrected chi connectivity index (χ2v) is 7.75. The fourth-order valence-electron chi connectivity index (χ4n) is 3.45. The minimum Gasteiger partial charge on any atom is -0.483 e. The maximum atomic E-state index is 9.97. The molecule has 144 valence electrons. The molecule has 3 aromatic rings. The topological polar surface area (TPSA) is 54.6 Å². The second-order valence-electron chi connectivity index (χ2n) is 6.43. The normalized spacial score (nSPS) is 15.9. The Morgan fingerprint density at radius 3 is 2.62 bits per heavy atom. The van der Waals surface area contributed by atoms with Gasteiger partial charge in [0.1, 0.15) is 17.4 Å². The van der Waals surface area contributed by atoms with Crippen molar-refractivity contribution in [2.45, 2.75) is 12.8 Å². The van der Waals surface area contributed by atoms with Gasteiger partial charge in [-0.05, 0) is 30.7 Å². The van der Waals surface area contributed by atoms with Gasteiger partial charge in [-0.3, -0.25) is 0 Å². The number of hydrogen-bond acceptors (Lipinski definition) is 4. The zero-order valence-electron chi connectivity index (χ0n) is 15.5. The van der Waals surface area contributed by atoms with Gasteiger partial charge in [-0.25, -0.2) is 0 Å². The van der Waals surface area contributed by atoms with Crippen LogP contribution in [0.5, 0.6) is 5.75 Å². The van der Waals surface area contributed by atoms with Gasteiger partial charge in [0.15, 0.2) is 6.40 Å². The van der Waals surface area contributed by atoms with E-state index < -0.39 is 0 Å². The van der Waals surface area contributed by atoms with E-state index in [-0.39, 0.29) is 11.8 Å². The molecule has 1 atom stereocenters. The molecule has 0 amide bonds. The van der Waals surface area contributed by atoms with Gasteiger partial charge in [0.05, 0.1) is 12.5 Å². The van der Waals surface area contributed by atoms with Crippen LogP contribution in [0.15, 0.2) is 75.5 Å². The molecular formula is C23H16BrClN2O2. The lowest BCUT2D eigenvalue weighted by Crippen LogP contribution is -2.16. The van der Waals surface area contributed by atoms with Gasteiger partial charge in [0.2, 0.25) is 5.88 Å². The van der Waals surface area contributed by atoms with Crippen molar-refractivity contribution in [1.29, 1.82) is 5.26 Å². The Labute approximate surface area is 182 Å². The van der Waals surface area contributed by atoms with Crippen molar-refractivity contribution in [3.05, 3.63) is 86.7 Å². The molecule has 1 unspecified atom stereocenters. The summed E-state index contributed by atoms with van der Waals surface area (Å²) in [4.78, 5) is 4.29. The monoisotopic (exact) mass is 466 g/mol. The van der Waals surface area contributed by atoms with Gasteiger partial charge in [-0.15, -0.1) is 0 Å². The Kier molecular flexibility index (Phi) is 5.57. The number of benzene rings is 3. The van der Waals surface area contributed by atoms with E-state index in [1.54, 1.807) is 0 Å². The zero-order chi connectivity index (χ0) is 20.4. The molecule has 0 radical (unpaired) electrons. The molecule has 4 nitrogen and oxygen atoms in total. The highest BCUT2D eigenvalue weighted by molar-refractivity contribution is 9.10. The third-order valence-electron chi connectivity index (χ3n) is 4.74. The van der Waals surface area contributed by atoms with Crippen molar-refractivity contribution in [2.75, 3.05) is 6.61 Å². The largest absolute Gasteiger partial charge is 0.483 e. The molecule has 6 heteroatoms. The highest BCUT2D eigenvalue weighted by Gasteiger charge is 2.33. The first kappa shape index (κ1) is 19.5. The predicted molar refractivity (Wildman–Crippen MR) is 118 cm³/mol. The molecule has 0 bridgehead atoms. The Morgan fingerprint density at radius 1 is 1.21 bits per heavy atom. The molecule has 1 aliphatic rings. The van der Waals surface area contributed by atoms with Crippen LogP contribution in [-0.2, 0) is 4.74 Å². The summed E-state index contributed by atoms with van der Waals surface area (Å²) in [7, 11) is 0. The van der Waals surface area contributed by atoms with E-state index in [2.05, 4.69) is 27.0 Å². The van der Waals surface area contributed by atoms with Gasteiger partial charge in [-0.2, -0.15) is 10.3 Å². The number of fused-ring (bicyclic) bond motifs is 3. The van der Waals surface area contributed by atoms with E-state index >= 15 is 0 Å². The molecule has 1 aliphatic heterocycles. The SMILES string of the molecule is CCO/C=N/C1=C(C#N)C(c2ccc(Br)cc2)c2cc(Cl)c3ccccc3c2O1. The molecule has 0 saturated heterocycles. The summed E-state index contributed by atoms with van der Waals surface area (Å²) in [5.41, 5.74) is 2.19. The van der Waals surface area contributed by atoms with E-state index in [1.807, 2.05) is 61.5 Å². The Balaban J connectivity index is 2.00. The number of nitrogens with zero attached hydrogens (tertiary/aromatic N) is 2. The molecule has 3 aromatic carbocycles. The summed E-state index contributed by atoms with van der Waals surface area (Å²) >= 11 is 10.1. The summed E-state index contributed by atoms with van der Waals surface area (Å²) < 4.78 is 12.3. The first-order chi connectivity index (χ1) is 14.1. The standard InChI is InChI=1S/C23H16BrClN2O2/c1-2-28-13-27-23-19(12-26)21(14-7-9-15(24)10-8-14)18-11-20(25)16-5-3-4-6-17(16)22(18)29-23/h3-11,13,21H,2H2,1H3/b27-13+. The fraction of sp³-hybridized carbons (Fsp3) is 0.130. The average Bonchev–Trinajstić information content (AvgIpc) is 2.74. The van der Waals surface area contributed by atoms with Gasteiger partial charge >= 0.3 is 0 Å². The average molecular weight is 468 g/mol. The van der Waals surface area contributed by atoms with Crippen LogP contribution in [0.3, 0.4) is 0 Å². The van der Waals surface area contributed by atoms with E-state index in [9.17, 15) is 5.26 Å². The molecule has 0 spiro atoms. The van der Waals surface area contributed by atoms with Gasteiger partial charge in [0, 0.05) is 25.8 Å². The van der Waals surface area contributed by atoms with Crippen molar-refractivity contribution in [3.8, 4) is 11.8 Å². The molecular weight excluding hydrogens is 452 g/mol. The molecule has 1 heterocycles.